The van der Waals surface area contributed by atoms with Crippen molar-refractivity contribution in [2.75, 3.05) is 5.32 Å². The molecule has 0 saturated heterocycles. The Morgan fingerprint density at radius 1 is 1.07 bits per heavy atom. The van der Waals surface area contributed by atoms with E-state index in [2.05, 4.69) is 15.4 Å². The molecule has 0 aliphatic carbocycles. The van der Waals surface area contributed by atoms with E-state index in [0.717, 1.165) is 16.0 Å². The van der Waals surface area contributed by atoms with Crippen molar-refractivity contribution in [1.82, 2.24) is 14.8 Å². The van der Waals surface area contributed by atoms with Crippen LogP contribution in [0.15, 0.2) is 72.1 Å². The molecule has 5 nitrogen and oxygen atoms in total. The van der Waals surface area contributed by atoms with Crippen molar-refractivity contribution < 1.29 is 4.79 Å². The summed E-state index contributed by atoms with van der Waals surface area (Å²) in [7, 11) is 0. The van der Waals surface area contributed by atoms with Crippen molar-refractivity contribution in [3.8, 4) is 11.4 Å². The summed E-state index contributed by atoms with van der Waals surface area (Å²) in [4.78, 5) is 18.8. The Morgan fingerprint density at radius 2 is 1.93 bits per heavy atom. The number of carbonyl (C=O) groups is 1. The molecule has 0 fully saturated rings. The molecule has 0 unspecified atom stereocenters. The summed E-state index contributed by atoms with van der Waals surface area (Å²) < 4.78 is 1.35. The first-order valence-electron chi connectivity index (χ1n) is 8.61. The van der Waals surface area contributed by atoms with Crippen molar-refractivity contribution in [3.63, 3.8) is 0 Å². The van der Waals surface area contributed by atoms with Crippen LogP contribution >= 0.6 is 11.3 Å². The number of benzene rings is 2. The second-order valence-electron chi connectivity index (χ2n) is 6.14. The molecule has 2 aromatic carbocycles. The van der Waals surface area contributed by atoms with Gasteiger partial charge in [-0.05, 0) is 30.5 Å². The van der Waals surface area contributed by atoms with Gasteiger partial charge < -0.3 is 5.32 Å². The normalized spacial score (nSPS) is 10.7. The lowest BCUT2D eigenvalue weighted by Crippen LogP contribution is -2.17. The second-order valence-corrected chi connectivity index (χ2v) is 7.18. The van der Waals surface area contributed by atoms with Gasteiger partial charge in [-0.1, -0.05) is 54.1 Å². The van der Waals surface area contributed by atoms with E-state index >= 15 is 0 Å². The van der Waals surface area contributed by atoms with Crippen LogP contribution in [0.3, 0.4) is 0 Å². The van der Waals surface area contributed by atoms with Gasteiger partial charge in [0.15, 0.2) is 5.82 Å². The molecule has 0 atom stereocenters. The number of aromatic nitrogens is 3. The Hall–Kier alpha value is -3.25. The van der Waals surface area contributed by atoms with Crippen LogP contribution in [0.5, 0.6) is 0 Å². The average Bonchev–Trinajstić information content (AvgIpc) is 3.36. The number of nitrogens with zero attached hydrogens (tertiary/aromatic N) is 3. The minimum Gasteiger partial charge on any atom is -0.349 e. The van der Waals surface area contributed by atoms with Gasteiger partial charge in [-0.2, -0.15) is 9.67 Å². The number of hydrogen-bond acceptors (Lipinski definition) is 5. The molecule has 4 rings (SSSR count). The molecule has 0 aliphatic rings. The number of hydrogen-bond donors (Lipinski definition) is 1. The molecular weight excluding hydrogens is 356 g/mol. The first kappa shape index (κ1) is 17.2. The Morgan fingerprint density at radius 3 is 2.67 bits per heavy atom. The fourth-order valence-corrected chi connectivity index (χ4v) is 3.40. The third kappa shape index (κ3) is 3.80. The molecule has 27 heavy (non-hydrogen) atoms. The highest BCUT2D eigenvalue weighted by atomic mass is 32.1. The van der Waals surface area contributed by atoms with Gasteiger partial charge in [-0.15, -0.1) is 16.4 Å². The van der Waals surface area contributed by atoms with Gasteiger partial charge in [0.25, 0.3) is 5.91 Å². The summed E-state index contributed by atoms with van der Waals surface area (Å²) in [5.74, 6) is 0.751. The minimum atomic E-state index is -0.206. The third-order valence-corrected chi connectivity index (χ3v) is 4.97. The van der Waals surface area contributed by atoms with Crippen LogP contribution in [-0.2, 0) is 6.54 Å². The summed E-state index contributed by atoms with van der Waals surface area (Å²) in [6, 6.07) is 21.2. The van der Waals surface area contributed by atoms with E-state index in [1.165, 1.54) is 4.68 Å². The smallest absolute Gasteiger partial charge is 0.281 e. The van der Waals surface area contributed by atoms with Crippen LogP contribution in [0.1, 0.15) is 20.8 Å². The first-order chi connectivity index (χ1) is 13.2. The molecule has 0 bridgehead atoms. The zero-order chi connectivity index (χ0) is 18.6. The van der Waals surface area contributed by atoms with Gasteiger partial charge in [-0.3, -0.25) is 4.79 Å². The molecule has 2 heterocycles. The van der Waals surface area contributed by atoms with E-state index in [4.69, 9.17) is 0 Å². The van der Waals surface area contributed by atoms with Crippen molar-refractivity contribution in [2.24, 2.45) is 0 Å². The predicted octanol–water partition coefficient (Wildman–Crippen LogP) is 4.62. The molecule has 1 N–H and O–H groups in total. The zero-order valence-corrected chi connectivity index (χ0v) is 15.6. The summed E-state index contributed by atoms with van der Waals surface area (Å²) in [5, 5.41) is 9.76. The van der Waals surface area contributed by atoms with E-state index < -0.39 is 0 Å². The topological polar surface area (TPSA) is 59.8 Å². The zero-order valence-electron chi connectivity index (χ0n) is 14.8. The van der Waals surface area contributed by atoms with Crippen molar-refractivity contribution >= 4 is 23.2 Å². The number of carbonyl (C=O) groups excluding carboxylic acids is 1. The highest BCUT2D eigenvalue weighted by Crippen LogP contribution is 2.20. The number of aryl methyl sites for hydroxylation is 1. The van der Waals surface area contributed by atoms with Crippen molar-refractivity contribution in [3.05, 3.63) is 88.1 Å². The maximum absolute atomic E-state index is 13.0. The first-order valence-corrected chi connectivity index (χ1v) is 9.49. The maximum atomic E-state index is 13.0. The lowest BCUT2D eigenvalue weighted by molar-refractivity contribution is 0.0947. The van der Waals surface area contributed by atoms with Crippen LogP contribution in [0.2, 0.25) is 0 Å². The highest BCUT2D eigenvalue weighted by Gasteiger charge is 2.18. The maximum Gasteiger partial charge on any atom is 0.281 e. The molecule has 0 saturated carbocycles. The standard InChI is InChI=1S/C21H18N4OS/c1-15-7-5-10-17(13-15)20(26)25-21(22-14-18-11-6-12-27-18)23-19(24-25)16-8-3-2-4-9-16/h2-13H,14H2,1H3,(H,22,23,24). The lowest BCUT2D eigenvalue weighted by Gasteiger charge is -2.06. The van der Waals surface area contributed by atoms with E-state index in [0.29, 0.717) is 23.9 Å². The Labute approximate surface area is 161 Å². The fourth-order valence-electron chi connectivity index (χ4n) is 2.76. The SMILES string of the molecule is Cc1cccc(C(=O)n2nc(-c3ccccc3)nc2NCc2cccs2)c1. The van der Waals surface area contributed by atoms with Crippen LogP contribution in [0, 0.1) is 6.92 Å². The molecule has 0 spiro atoms. The van der Waals surface area contributed by atoms with E-state index in [1.807, 2.05) is 73.0 Å². The van der Waals surface area contributed by atoms with Crippen LogP contribution < -0.4 is 5.32 Å². The summed E-state index contributed by atoms with van der Waals surface area (Å²) >= 11 is 1.65. The van der Waals surface area contributed by atoms with E-state index in [-0.39, 0.29) is 5.91 Å². The third-order valence-electron chi connectivity index (χ3n) is 4.10. The van der Waals surface area contributed by atoms with Crippen molar-refractivity contribution in [1.29, 1.82) is 0 Å². The summed E-state index contributed by atoms with van der Waals surface area (Å²) in [6.07, 6.45) is 0. The Bertz CT molecular complexity index is 1060. The second kappa shape index (κ2) is 7.55. The van der Waals surface area contributed by atoms with E-state index in [1.54, 1.807) is 17.4 Å². The summed E-state index contributed by atoms with van der Waals surface area (Å²) in [5.41, 5.74) is 2.48. The summed E-state index contributed by atoms with van der Waals surface area (Å²) in [6.45, 7) is 2.55. The molecule has 0 amide bonds. The fraction of sp³-hybridized carbons (Fsp3) is 0.0952. The van der Waals surface area contributed by atoms with Gasteiger partial charge in [-0.25, -0.2) is 0 Å². The van der Waals surface area contributed by atoms with Crippen LogP contribution in [0.4, 0.5) is 5.95 Å². The van der Waals surface area contributed by atoms with Crippen molar-refractivity contribution in [2.45, 2.75) is 13.5 Å². The molecule has 0 aliphatic heterocycles. The number of nitrogens with one attached hydrogen (secondary N) is 1. The van der Waals surface area contributed by atoms with Crippen LogP contribution in [-0.4, -0.2) is 20.7 Å². The number of anilines is 1. The lowest BCUT2D eigenvalue weighted by atomic mass is 10.1. The van der Waals surface area contributed by atoms with Gasteiger partial charge in [0, 0.05) is 16.0 Å². The number of rotatable bonds is 5. The molecule has 2 aromatic heterocycles. The molecule has 6 heteroatoms. The van der Waals surface area contributed by atoms with Gasteiger partial charge in [0.2, 0.25) is 5.95 Å². The molecule has 134 valence electrons. The minimum absolute atomic E-state index is 0.206. The van der Waals surface area contributed by atoms with Gasteiger partial charge in [0.1, 0.15) is 0 Å². The average molecular weight is 374 g/mol. The van der Waals surface area contributed by atoms with Gasteiger partial charge >= 0.3 is 0 Å². The highest BCUT2D eigenvalue weighted by molar-refractivity contribution is 7.09. The predicted molar refractivity (Wildman–Crippen MR) is 108 cm³/mol. The van der Waals surface area contributed by atoms with Crippen LogP contribution in [0.25, 0.3) is 11.4 Å². The monoisotopic (exact) mass is 374 g/mol. The Balaban J connectivity index is 1.71. The largest absolute Gasteiger partial charge is 0.349 e. The molecule has 0 radical (unpaired) electrons. The van der Waals surface area contributed by atoms with E-state index in [9.17, 15) is 4.79 Å². The van der Waals surface area contributed by atoms with Gasteiger partial charge in [0.05, 0.1) is 6.54 Å². The Kier molecular flexibility index (Phi) is 4.80. The number of thiophene rings is 1. The molecule has 4 aromatic rings. The quantitative estimate of drug-likeness (QED) is 0.554. The molecular formula is C21H18N4OS.